The van der Waals surface area contributed by atoms with Crippen molar-refractivity contribution in [3.63, 3.8) is 0 Å². The van der Waals surface area contributed by atoms with Crippen LogP contribution in [0, 0.1) is 20.4 Å². The molecule has 0 amide bonds. The fourth-order valence-electron chi connectivity index (χ4n) is 6.38. The van der Waals surface area contributed by atoms with E-state index >= 15 is 0 Å². The van der Waals surface area contributed by atoms with Crippen LogP contribution < -0.4 is 0 Å². The van der Waals surface area contributed by atoms with Gasteiger partial charge >= 0.3 is 0 Å². The van der Waals surface area contributed by atoms with Crippen molar-refractivity contribution in [3.05, 3.63) is 144 Å². The molecule has 0 unspecified atom stereocenters. The van der Waals surface area contributed by atoms with E-state index in [1.54, 1.807) is 0 Å². The van der Waals surface area contributed by atoms with Gasteiger partial charge in [0, 0.05) is 27.1 Å². The lowest BCUT2D eigenvalue weighted by Gasteiger charge is -2.17. The van der Waals surface area contributed by atoms with Crippen molar-refractivity contribution in [2.24, 2.45) is 0 Å². The fourth-order valence-corrected chi connectivity index (χ4v) is 6.38. The molecule has 0 fully saturated rings. The van der Waals surface area contributed by atoms with Crippen LogP contribution in [-0.2, 0) is 0 Å². The number of rotatable bonds is 3. The van der Waals surface area contributed by atoms with E-state index in [2.05, 4.69) is 125 Å². The molecule has 0 aliphatic carbocycles. The summed E-state index contributed by atoms with van der Waals surface area (Å²) in [6, 6.07) is 40.4. The number of aromatic nitrogens is 3. The molecule has 0 bridgehead atoms. The highest BCUT2D eigenvalue weighted by Crippen LogP contribution is 2.39. The number of nitrogens with zero attached hydrogens (tertiary/aromatic N) is 4. The first-order valence-corrected chi connectivity index (χ1v) is 14.1. The van der Waals surface area contributed by atoms with Gasteiger partial charge in [-0.25, -0.2) is 9.83 Å². The van der Waals surface area contributed by atoms with E-state index in [0.717, 1.165) is 44.7 Å². The zero-order valence-electron chi connectivity index (χ0n) is 23.3. The van der Waals surface area contributed by atoms with Gasteiger partial charge in [-0.15, -0.1) is 0 Å². The van der Waals surface area contributed by atoms with Gasteiger partial charge in [-0.3, -0.25) is 4.57 Å². The Bertz CT molecular complexity index is 2400. The number of benzene rings is 5. The predicted molar refractivity (Wildman–Crippen MR) is 174 cm³/mol. The van der Waals surface area contributed by atoms with Gasteiger partial charge in [0.05, 0.1) is 40.5 Å². The summed E-state index contributed by atoms with van der Waals surface area (Å²) in [7, 11) is 0. The number of hydrogen-bond donors (Lipinski definition) is 0. The molecule has 8 aromatic rings. The Labute approximate surface area is 243 Å². The van der Waals surface area contributed by atoms with Crippen molar-refractivity contribution in [2.45, 2.75) is 13.8 Å². The van der Waals surface area contributed by atoms with Gasteiger partial charge < -0.3 is 4.57 Å². The zero-order valence-corrected chi connectivity index (χ0v) is 23.3. The second-order valence-corrected chi connectivity index (χ2v) is 11.0. The van der Waals surface area contributed by atoms with E-state index in [9.17, 15) is 0 Å². The average molecular weight is 539 g/mol. The van der Waals surface area contributed by atoms with Crippen LogP contribution in [0.25, 0.3) is 71.1 Å². The predicted octanol–water partition coefficient (Wildman–Crippen LogP) is 10.1. The van der Waals surface area contributed by atoms with E-state index in [0.29, 0.717) is 5.69 Å². The van der Waals surface area contributed by atoms with Crippen LogP contribution in [0.15, 0.2) is 121 Å². The second kappa shape index (κ2) is 9.19. The molecule has 0 N–H and O–H groups in total. The maximum absolute atomic E-state index is 7.70. The summed E-state index contributed by atoms with van der Waals surface area (Å²) in [5.41, 5.74) is 10.5. The standard InChI is InChI=1S/C38H26N4/c1-24-15-17-30-28-11-4-6-13-33(28)41(35(30)19-24)37-23-40-38(22-32(37)26-9-8-10-27(21-26)39-3)42-34-14-7-5-12-29(34)31-18-16-25(2)20-36(31)42/h4-23H,1-2H3. The van der Waals surface area contributed by atoms with E-state index in [1.807, 2.05) is 24.4 Å². The van der Waals surface area contributed by atoms with Crippen molar-refractivity contribution >= 4 is 49.3 Å². The maximum atomic E-state index is 7.70. The van der Waals surface area contributed by atoms with Gasteiger partial charge in [0.2, 0.25) is 0 Å². The van der Waals surface area contributed by atoms with Crippen LogP contribution >= 0.6 is 0 Å². The number of hydrogen-bond acceptors (Lipinski definition) is 1. The Balaban J connectivity index is 1.49. The lowest BCUT2D eigenvalue weighted by Crippen LogP contribution is -2.03. The van der Waals surface area contributed by atoms with Crippen LogP contribution in [0.5, 0.6) is 0 Å². The first-order valence-electron chi connectivity index (χ1n) is 14.1. The maximum Gasteiger partial charge on any atom is 0.187 e. The number of fused-ring (bicyclic) bond motifs is 6. The van der Waals surface area contributed by atoms with E-state index in [4.69, 9.17) is 11.6 Å². The molecule has 0 saturated heterocycles. The lowest BCUT2D eigenvalue weighted by molar-refractivity contribution is 1.05. The van der Waals surface area contributed by atoms with E-state index in [-0.39, 0.29) is 0 Å². The minimum atomic E-state index is 0.613. The molecular formula is C38H26N4. The third kappa shape index (κ3) is 3.57. The van der Waals surface area contributed by atoms with Crippen molar-refractivity contribution < 1.29 is 0 Å². The van der Waals surface area contributed by atoms with Crippen molar-refractivity contribution in [1.29, 1.82) is 0 Å². The minimum absolute atomic E-state index is 0.613. The van der Waals surface area contributed by atoms with Crippen LogP contribution in [0.2, 0.25) is 0 Å². The minimum Gasteiger partial charge on any atom is -0.307 e. The third-order valence-electron chi connectivity index (χ3n) is 8.28. The van der Waals surface area contributed by atoms with E-state index < -0.39 is 0 Å². The molecular weight excluding hydrogens is 512 g/mol. The zero-order chi connectivity index (χ0) is 28.4. The molecule has 0 saturated carbocycles. The molecule has 4 heteroatoms. The average Bonchev–Trinajstić information content (AvgIpc) is 3.52. The summed E-state index contributed by atoms with van der Waals surface area (Å²) in [6.45, 7) is 12.0. The highest BCUT2D eigenvalue weighted by Gasteiger charge is 2.19. The number of para-hydroxylation sites is 2. The molecule has 8 rings (SSSR count). The normalized spacial score (nSPS) is 11.5. The Morgan fingerprint density at radius 1 is 0.571 bits per heavy atom. The Kier molecular flexibility index (Phi) is 5.29. The monoisotopic (exact) mass is 538 g/mol. The summed E-state index contributed by atoms with van der Waals surface area (Å²) in [5.74, 6) is 0.843. The molecule has 4 nitrogen and oxygen atoms in total. The summed E-state index contributed by atoms with van der Waals surface area (Å²) in [6.07, 6.45) is 2.00. The molecule has 0 aliphatic heterocycles. The Hall–Kier alpha value is -5.66. The summed E-state index contributed by atoms with van der Waals surface area (Å²) in [4.78, 5) is 8.90. The molecule has 0 aliphatic rings. The highest BCUT2D eigenvalue weighted by molar-refractivity contribution is 6.11. The smallest absolute Gasteiger partial charge is 0.187 e. The molecule has 0 spiro atoms. The Morgan fingerprint density at radius 2 is 1.17 bits per heavy atom. The molecule has 3 heterocycles. The second-order valence-electron chi connectivity index (χ2n) is 11.0. The van der Waals surface area contributed by atoms with Gasteiger partial charge in [0.25, 0.3) is 0 Å². The Morgan fingerprint density at radius 3 is 1.83 bits per heavy atom. The summed E-state index contributed by atoms with van der Waals surface area (Å²) >= 11 is 0. The van der Waals surface area contributed by atoms with Gasteiger partial charge in [0.15, 0.2) is 5.69 Å². The molecule has 0 atom stereocenters. The molecule has 5 aromatic carbocycles. The molecule has 3 aromatic heterocycles. The van der Waals surface area contributed by atoms with Gasteiger partial charge in [-0.05, 0) is 66.9 Å². The lowest BCUT2D eigenvalue weighted by atomic mass is 10.0. The highest BCUT2D eigenvalue weighted by atomic mass is 15.1. The van der Waals surface area contributed by atoms with Crippen LogP contribution in [0.1, 0.15) is 11.1 Å². The quantitative estimate of drug-likeness (QED) is 0.206. The van der Waals surface area contributed by atoms with Crippen LogP contribution in [0.4, 0.5) is 5.69 Å². The molecule has 42 heavy (non-hydrogen) atoms. The van der Waals surface area contributed by atoms with Crippen molar-refractivity contribution in [3.8, 4) is 22.6 Å². The third-order valence-corrected chi connectivity index (χ3v) is 8.28. The number of aryl methyl sites for hydroxylation is 2. The van der Waals surface area contributed by atoms with Gasteiger partial charge in [0.1, 0.15) is 5.82 Å². The summed E-state index contributed by atoms with van der Waals surface area (Å²) in [5, 5.41) is 4.82. The van der Waals surface area contributed by atoms with Crippen LogP contribution in [0.3, 0.4) is 0 Å². The van der Waals surface area contributed by atoms with Crippen molar-refractivity contribution in [1.82, 2.24) is 14.1 Å². The fraction of sp³-hybridized carbons (Fsp3) is 0.0526. The number of pyridine rings is 1. The van der Waals surface area contributed by atoms with Gasteiger partial charge in [-0.1, -0.05) is 78.9 Å². The van der Waals surface area contributed by atoms with Gasteiger partial charge in [-0.2, -0.15) is 0 Å². The first-order chi connectivity index (χ1) is 20.6. The summed E-state index contributed by atoms with van der Waals surface area (Å²) < 4.78 is 4.59. The largest absolute Gasteiger partial charge is 0.307 e. The molecule has 198 valence electrons. The van der Waals surface area contributed by atoms with Crippen molar-refractivity contribution in [2.75, 3.05) is 0 Å². The van der Waals surface area contributed by atoms with E-state index in [1.165, 1.54) is 32.7 Å². The first kappa shape index (κ1) is 24.2. The molecule has 0 radical (unpaired) electrons. The topological polar surface area (TPSA) is 27.1 Å². The van der Waals surface area contributed by atoms with Crippen LogP contribution in [-0.4, -0.2) is 14.1 Å². The SMILES string of the molecule is [C-]#[N+]c1cccc(-c2cc(-n3c4ccccc4c4ccc(C)cc43)ncc2-n2c3ccccc3c3ccc(C)cc32)c1.